The van der Waals surface area contributed by atoms with E-state index in [2.05, 4.69) is 41.6 Å². The topological polar surface area (TPSA) is 53.1 Å². The second kappa shape index (κ2) is 5.50. The molecule has 0 spiro atoms. The van der Waals surface area contributed by atoms with E-state index >= 15 is 0 Å². The Labute approximate surface area is 112 Å². The van der Waals surface area contributed by atoms with Crippen molar-refractivity contribution < 1.29 is 0 Å². The van der Waals surface area contributed by atoms with E-state index in [0.717, 1.165) is 13.1 Å². The molecule has 0 aliphatic heterocycles. The summed E-state index contributed by atoms with van der Waals surface area (Å²) in [5.74, 6) is 0.372. The van der Waals surface area contributed by atoms with Crippen molar-refractivity contribution in [2.75, 3.05) is 13.6 Å². The minimum atomic E-state index is 0.111. The number of nitrogens with two attached hydrogens (primary N) is 1. The summed E-state index contributed by atoms with van der Waals surface area (Å²) in [6, 6.07) is 8.48. The van der Waals surface area contributed by atoms with Gasteiger partial charge < -0.3 is 10.6 Å². The van der Waals surface area contributed by atoms with Crippen molar-refractivity contribution in [3.05, 3.63) is 35.2 Å². The first kappa shape index (κ1) is 13.1. The molecule has 0 saturated carbocycles. The third-order valence-corrected chi connectivity index (χ3v) is 4.13. The zero-order chi connectivity index (χ0) is 13.1. The average Bonchev–Trinajstić information content (AvgIpc) is 2.72. The number of hydrogen-bond acceptors (Lipinski definition) is 3. The Morgan fingerprint density at radius 3 is 2.89 bits per heavy atom. The van der Waals surface area contributed by atoms with E-state index in [4.69, 9.17) is 11.1 Å². The molecule has 1 heterocycles. The summed E-state index contributed by atoms with van der Waals surface area (Å²) < 4.78 is 1.33. The van der Waals surface area contributed by atoms with Crippen LogP contribution >= 0.6 is 11.3 Å². The third-order valence-electron chi connectivity index (χ3n) is 3.12. The lowest BCUT2D eigenvalue weighted by Crippen LogP contribution is -2.31. The van der Waals surface area contributed by atoms with Gasteiger partial charge in [0.25, 0.3) is 0 Å². The molecule has 96 valence electrons. The van der Waals surface area contributed by atoms with E-state index in [9.17, 15) is 0 Å². The molecule has 0 bridgehead atoms. The van der Waals surface area contributed by atoms with Crippen molar-refractivity contribution in [2.45, 2.75) is 13.5 Å². The molecule has 0 amide bonds. The lowest BCUT2D eigenvalue weighted by molar-refractivity contribution is 0.307. The molecule has 2 aromatic rings. The van der Waals surface area contributed by atoms with Gasteiger partial charge in [-0.25, -0.2) is 0 Å². The van der Waals surface area contributed by atoms with Crippen LogP contribution in [0.15, 0.2) is 29.6 Å². The quantitative estimate of drug-likeness (QED) is 0.642. The van der Waals surface area contributed by atoms with Crippen LogP contribution in [0.3, 0.4) is 0 Å². The first-order valence-electron chi connectivity index (χ1n) is 6.05. The molecule has 1 unspecified atom stereocenters. The number of nitrogens with one attached hydrogen (secondary N) is 1. The number of amidine groups is 1. The molecule has 4 heteroatoms. The molecule has 2 rings (SSSR count). The first-order valence-corrected chi connectivity index (χ1v) is 6.93. The Hall–Kier alpha value is -1.39. The predicted molar refractivity (Wildman–Crippen MR) is 79.2 cm³/mol. The van der Waals surface area contributed by atoms with Gasteiger partial charge in [-0.05, 0) is 29.4 Å². The Bertz CT molecular complexity index is 547. The number of rotatable bonds is 5. The van der Waals surface area contributed by atoms with Gasteiger partial charge in [0.15, 0.2) is 0 Å². The van der Waals surface area contributed by atoms with Gasteiger partial charge in [-0.1, -0.05) is 25.1 Å². The zero-order valence-electron chi connectivity index (χ0n) is 10.8. The highest BCUT2D eigenvalue weighted by Crippen LogP contribution is 2.26. The SMILES string of the molecule is CC(CN(C)Cc1csc2ccccc12)C(=N)N. The van der Waals surface area contributed by atoms with Gasteiger partial charge in [-0.3, -0.25) is 5.41 Å². The minimum absolute atomic E-state index is 0.111. The summed E-state index contributed by atoms with van der Waals surface area (Å²) in [6.07, 6.45) is 0. The van der Waals surface area contributed by atoms with Gasteiger partial charge in [0.05, 0.1) is 5.84 Å². The summed E-state index contributed by atoms with van der Waals surface area (Å²) in [7, 11) is 2.08. The number of fused-ring (bicyclic) bond motifs is 1. The van der Waals surface area contributed by atoms with E-state index in [0.29, 0.717) is 0 Å². The molecule has 3 N–H and O–H groups in total. The van der Waals surface area contributed by atoms with Crippen LogP contribution in [0.4, 0.5) is 0 Å². The third kappa shape index (κ3) is 2.89. The number of nitrogens with zero attached hydrogens (tertiary/aromatic N) is 1. The van der Waals surface area contributed by atoms with Crippen LogP contribution in [0.25, 0.3) is 10.1 Å². The Morgan fingerprint density at radius 1 is 1.44 bits per heavy atom. The number of hydrogen-bond donors (Lipinski definition) is 2. The fraction of sp³-hybridized carbons (Fsp3) is 0.357. The summed E-state index contributed by atoms with van der Waals surface area (Å²) in [4.78, 5) is 2.22. The maximum atomic E-state index is 7.43. The largest absolute Gasteiger partial charge is 0.387 e. The molecular weight excluding hydrogens is 242 g/mol. The molecular formula is C14H19N3S. The molecule has 0 aliphatic rings. The molecule has 0 fully saturated rings. The molecule has 1 aromatic carbocycles. The van der Waals surface area contributed by atoms with Gasteiger partial charge >= 0.3 is 0 Å². The molecule has 1 atom stereocenters. The zero-order valence-corrected chi connectivity index (χ0v) is 11.6. The smallest absolute Gasteiger partial charge is 0.0947 e. The normalized spacial score (nSPS) is 13.1. The number of thiophene rings is 1. The molecule has 0 radical (unpaired) electrons. The summed E-state index contributed by atoms with van der Waals surface area (Å²) in [5, 5.41) is 11.0. The first-order chi connectivity index (χ1) is 8.58. The van der Waals surface area contributed by atoms with Gasteiger partial charge in [0, 0.05) is 23.7 Å². The second-order valence-electron chi connectivity index (χ2n) is 4.81. The number of benzene rings is 1. The predicted octanol–water partition coefficient (Wildman–Crippen LogP) is 2.91. The van der Waals surface area contributed by atoms with Gasteiger partial charge in [-0.15, -0.1) is 11.3 Å². The maximum absolute atomic E-state index is 7.43. The Balaban J connectivity index is 2.07. The van der Waals surface area contributed by atoms with Crippen LogP contribution in [-0.2, 0) is 6.54 Å². The van der Waals surface area contributed by atoms with Crippen LogP contribution in [0.5, 0.6) is 0 Å². The monoisotopic (exact) mass is 261 g/mol. The highest BCUT2D eigenvalue weighted by molar-refractivity contribution is 7.17. The van der Waals surface area contributed by atoms with E-state index in [1.54, 1.807) is 11.3 Å². The van der Waals surface area contributed by atoms with Gasteiger partial charge in [0.1, 0.15) is 0 Å². The van der Waals surface area contributed by atoms with E-state index in [-0.39, 0.29) is 11.8 Å². The van der Waals surface area contributed by atoms with Gasteiger partial charge in [0.2, 0.25) is 0 Å². The highest BCUT2D eigenvalue weighted by atomic mass is 32.1. The van der Waals surface area contributed by atoms with E-state index in [1.165, 1.54) is 15.6 Å². The summed E-state index contributed by atoms with van der Waals surface area (Å²) in [6.45, 7) is 3.71. The lowest BCUT2D eigenvalue weighted by atomic mass is 10.1. The molecule has 0 saturated heterocycles. The average molecular weight is 261 g/mol. The molecule has 0 aliphatic carbocycles. The van der Waals surface area contributed by atoms with Crippen molar-refractivity contribution in [1.82, 2.24) is 4.90 Å². The second-order valence-corrected chi connectivity index (χ2v) is 5.72. The van der Waals surface area contributed by atoms with Crippen molar-refractivity contribution in [2.24, 2.45) is 11.7 Å². The van der Waals surface area contributed by atoms with Crippen LogP contribution in [-0.4, -0.2) is 24.3 Å². The fourth-order valence-electron chi connectivity index (χ4n) is 2.08. The standard InChI is InChI=1S/C14H19N3S/c1-10(14(15)16)7-17(2)8-11-9-18-13-6-4-3-5-12(11)13/h3-6,9-10H,7-8H2,1-2H3,(H3,15,16). The van der Waals surface area contributed by atoms with Crippen molar-refractivity contribution in [3.63, 3.8) is 0 Å². The Kier molecular flexibility index (Phi) is 3.99. The summed E-state index contributed by atoms with van der Waals surface area (Å²) in [5.41, 5.74) is 6.86. The maximum Gasteiger partial charge on any atom is 0.0947 e. The van der Waals surface area contributed by atoms with Crippen molar-refractivity contribution >= 4 is 27.3 Å². The van der Waals surface area contributed by atoms with Crippen molar-refractivity contribution in [3.8, 4) is 0 Å². The van der Waals surface area contributed by atoms with E-state index in [1.807, 2.05) is 6.92 Å². The van der Waals surface area contributed by atoms with Gasteiger partial charge in [-0.2, -0.15) is 0 Å². The molecule has 18 heavy (non-hydrogen) atoms. The van der Waals surface area contributed by atoms with Crippen LogP contribution in [0.2, 0.25) is 0 Å². The summed E-state index contributed by atoms with van der Waals surface area (Å²) >= 11 is 1.79. The lowest BCUT2D eigenvalue weighted by Gasteiger charge is -2.20. The fourth-order valence-corrected chi connectivity index (χ4v) is 3.03. The van der Waals surface area contributed by atoms with Crippen LogP contribution < -0.4 is 5.73 Å². The minimum Gasteiger partial charge on any atom is -0.387 e. The van der Waals surface area contributed by atoms with Crippen LogP contribution in [0, 0.1) is 11.3 Å². The van der Waals surface area contributed by atoms with Crippen LogP contribution in [0.1, 0.15) is 12.5 Å². The Morgan fingerprint density at radius 2 is 2.17 bits per heavy atom. The van der Waals surface area contributed by atoms with Crippen molar-refractivity contribution in [1.29, 1.82) is 5.41 Å². The molecule has 3 nitrogen and oxygen atoms in total. The molecule has 1 aromatic heterocycles. The highest BCUT2D eigenvalue weighted by Gasteiger charge is 2.11. The van der Waals surface area contributed by atoms with E-state index < -0.39 is 0 Å².